The molecule has 0 aliphatic heterocycles. The Morgan fingerprint density at radius 3 is 2.53 bits per heavy atom. The molecular formula is C15H25FN2O. The largest absolute Gasteiger partial charge is 0.387 e. The van der Waals surface area contributed by atoms with Gasteiger partial charge < -0.3 is 15.3 Å². The van der Waals surface area contributed by atoms with Gasteiger partial charge in [-0.2, -0.15) is 0 Å². The minimum atomic E-state index is -0.900. The molecule has 0 fully saturated rings. The van der Waals surface area contributed by atoms with Crippen molar-refractivity contribution in [2.45, 2.75) is 39.3 Å². The number of halogens is 1. The maximum absolute atomic E-state index is 13.8. The van der Waals surface area contributed by atoms with E-state index in [-0.39, 0.29) is 5.82 Å². The number of anilines is 1. The quantitative estimate of drug-likeness (QED) is 0.797. The van der Waals surface area contributed by atoms with Crippen molar-refractivity contribution >= 4 is 5.69 Å². The van der Waals surface area contributed by atoms with Crippen molar-refractivity contribution in [3.63, 3.8) is 0 Å². The molecule has 0 bridgehead atoms. The summed E-state index contributed by atoms with van der Waals surface area (Å²) in [5.41, 5.74) is -0.363. The Morgan fingerprint density at radius 1 is 1.37 bits per heavy atom. The van der Waals surface area contributed by atoms with E-state index < -0.39 is 5.60 Å². The van der Waals surface area contributed by atoms with Gasteiger partial charge in [0.2, 0.25) is 0 Å². The second kappa shape index (κ2) is 6.87. The van der Waals surface area contributed by atoms with Gasteiger partial charge in [0, 0.05) is 25.7 Å². The maximum atomic E-state index is 13.8. The summed E-state index contributed by atoms with van der Waals surface area (Å²) in [6.45, 7) is 9.32. The van der Waals surface area contributed by atoms with Gasteiger partial charge in [-0.25, -0.2) is 4.39 Å². The summed E-state index contributed by atoms with van der Waals surface area (Å²) in [5.74, 6) is -0.253. The van der Waals surface area contributed by atoms with Crippen molar-refractivity contribution in [1.82, 2.24) is 5.32 Å². The third-order valence-electron chi connectivity index (χ3n) is 3.00. The van der Waals surface area contributed by atoms with Gasteiger partial charge in [-0.05, 0) is 26.0 Å². The molecule has 0 saturated heterocycles. The molecule has 3 nitrogen and oxygen atoms in total. The molecule has 1 aromatic rings. The van der Waals surface area contributed by atoms with E-state index in [9.17, 15) is 9.50 Å². The smallest absolute Gasteiger partial charge is 0.146 e. The number of nitrogens with zero attached hydrogens (tertiary/aromatic N) is 1. The highest BCUT2D eigenvalue weighted by Gasteiger charge is 2.24. The number of aliphatic hydroxyl groups is 1. The third-order valence-corrected chi connectivity index (χ3v) is 3.00. The molecule has 1 aromatic carbocycles. The lowest BCUT2D eigenvalue weighted by molar-refractivity contribution is 0.0646. The van der Waals surface area contributed by atoms with Crippen LogP contribution in [0.3, 0.4) is 0 Å². The van der Waals surface area contributed by atoms with E-state index in [4.69, 9.17) is 0 Å². The number of likely N-dealkylation sites (N-methyl/N-ethyl adjacent to an activating group) is 1. The second-order valence-corrected chi connectivity index (χ2v) is 5.50. The van der Waals surface area contributed by atoms with Crippen LogP contribution in [0.1, 0.15) is 27.7 Å². The Balaban J connectivity index is 2.74. The van der Waals surface area contributed by atoms with Gasteiger partial charge >= 0.3 is 0 Å². The van der Waals surface area contributed by atoms with Gasteiger partial charge in [0.05, 0.1) is 11.3 Å². The van der Waals surface area contributed by atoms with Gasteiger partial charge in [0.1, 0.15) is 5.82 Å². The van der Waals surface area contributed by atoms with Crippen molar-refractivity contribution in [2.75, 3.05) is 24.5 Å². The van der Waals surface area contributed by atoms with E-state index in [0.29, 0.717) is 31.4 Å². The predicted molar refractivity (Wildman–Crippen MR) is 78.0 cm³/mol. The molecule has 0 amide bonds. The molecule has 19 heavy (non-hydrogen) atoms. The summed E-state index contributed by atoms with van der Waals surface area (Å²) >= 11 is 0. The Labute approximate surface area is 115 Å². The van der Waals surface area contributed by atoms with E-state index in [2.05, 4.69) is 5.32 Å². The number of rotatable bonds is 7. The Hall–Kier alpha value is -1.13. The van der Waals surface area contributed by atoms with Crippen LogP contribution in [0.5, 0.6) is 0 Å². The Kier molecular flexibility index (Phi) is 5.76. The van der Waals surface area contributed by atoms with E-state index >= 15 is 0 Å². The van der Waals surface area contributed by atoms with E-state index in [0.717, 1.165) is 0 Å². The van der Waals surface area contributed by atoms with Crippen molar-refractivity contribution in [3.05, 3.63) is 30.1 Å². The zero-order valence-corrected chi connectivity index (χ0v) is 12.3. The molecule has 0 heterocycles. The van der Waals surface area contributed by atoms with Crippen LogP contribution in [0, 0.1) is 5.82 Å². The first-order chi connectivity index (χ1) is 8.85. The van der Waals surface area contributed by atoms with Crippen LogP contribution in [0.4, 0.5) is 10.1 Å². The number of para-hydroxylation sites is 1. The van der Waals surface area contributed by atoms with Crippen LogP contribution in [0.15, 0.2) is 24.3 Å². The summed E-state index contributed by atoms with van der Waals surface area (Å²) < 4.78 is 13.8. The molecule has 0 radical (unpaired) electrons. The lowest BCUT2D eigenvalue weighted by Gasteiger charge is -2.33. The summed E-state index contributed by atoms with van der Waals surface area (Å²) in [4.78, 5) is 1.86. The molecule has 0 saturated carbocycles. The predicted octanol–water partition coefficient (Wildman–Crippen LogP) is 2.40. The number of nitrogens with one attached hydrogen (secondary N) is 1. The SMILES string of the molecule is CCN(CC(C)(O)CNC(C)C)c1ccccc1F. The van der Waals surface area contributed by atoms with Crippen molar-refractivity contribution in [3.8, 4) is 0 Å². The van der Waals surface area contributed by atoms with Crippen molar-refractivity contribution in [2.24, 2.45) is 0 Å². The highest BCUT2D eigenvalue weighted by atomic mass is 19.1. The van der Waals surface area contributed by atoms with Crippen LogP contribution in [-0.4, -0.2) is 36.4 Å². The lowest BCUT2D eigenvalue weighted by Crippen LogP contribution is -2.49. The number of benzene rings is 1. The fourth-order valence-corrected chi connectivity index (χ4v) is 1.97. The van der Waals surface area contributed by atoms with Crippen LogP contribution in [0.25, 0.3) is 0 Å². The number of hydrogen-bond donors (Lipinski definition) is 2. The molecule has 1 unspecified atom stereocenters. The Morgan fingerprint density at radius 2 is 2.00 bits per heavy atom. The lowest BCUT2D eigenvalue weighted by atomic mass is 10.1. The van der Waals surface area contributed by atoms with Crippen LogP contribution in [0.2, 0.25) is 0 Å². The molecule has 108 valence electrons. The summed E-state index contributed by atoms with van der Waals surface area (Å²) in [7, 11) is 0. The van der Waals surface area contributed by atoms with E-state index in [1.165, 1.54) is 6.07 Å². The van der Waals surface area contributed by atoms with Crippen LogP contribution < -0.4 is 10.2 Å². The Bertz CT molecular complexity index is 393. The molecule has 2 N–H and O–H groups in total. The fraction of sp³-hybridized carbons (Fsp3) is 0.600. The zero-order valence-electron chi connectivity index (χ0n) is 12.3. The van der Waals surface area contributed by atoms with Gasteiger partial charge in [-0.15, -0.1) is 0 Å². The van der Waals surface area contributed by atoms with E-state index in [1.54, 1.807) is 19.1 Å². The van der Waals surface area contributed by atoms with Gasteiger partial charge in [-0.3, -0.25) is 0 Å². The zero-order chi connectivity index (χ0) is 14.5. The average molecular weight is 268 g/mol. The van der Waals surface area contributed by atoms with Crippen molar-refractivity contribution < 1.29 is 9.50 Å². The first kappa shape index (κ1) is 15.9. The summed E-state index contributed by atoms with van der Waals surface area (Å²) in [5, 5.41) is 13.6. The fourth-order valence-electron chi connectivity index (χ4n) is 1.97. The normalized spacial score (nSPS) is 14.5. The molecule has 4 heteroatoms. The minimum Gasteiger partial charge on any atom is -0.387 e. The van der Waals surface area contributed by atoms with Crippen LogP contribution >= 0.6 is 0 Å². The molecule has 0 aliphatic carbocycles. The molecule has 0 aromatic heterocycles. The van der Waals surface area contributed by atoms with Gasteiger partial charge in [0.15, 0.2) is 0 Å². The first-order valence-electron chi connectivity index (χ1n) is 6.81. The van der Waals surface area contributed by atoms with Gasteiger partial charge in [-0.1, -0.05) is 26.0 Å². The molecule has 1 rings (SSSR count). The first-order valence-corrected chi connectivity index (χ1v) is 6.81. The summed E-state index contributed by atoms with van der Waals surface area (Å²) in [6, 6.07) is 6.98. The summed E-state index contributed by atoms with van der Waals surface area (Å²) in [6.07, 6.45) is 0. The number of hydrogen-bond acceptors (Lipinski definition) is 3. The molecular weight excluding hydrogens is 243 g/mol. The van der Waals surface area contributed by atoms with Gasteiger partial charge in [0.25, 0.3) is 0 Å². The molecule has 0 aliphatic rings. The maximum Gasteiger partial charge on any atom is 0.146 e. The minimum absolute atomic E-state index is 0.253. The molecule has 0 spiro atoms. The third kappa shape index (κ3) is 5.17. The van der Waals surface area contributed by atoms with Crippen LogP contribution in [-0.2, 0) is 0 Å². The highest BCUT2D eigenvalue weighted by Crippen LogP contribution is 2.20. The second-order valence-electron chi connectivity index (χ2n) is 5.50. The van der Waals surface area contributed by atoms with Crippen molar-refractivity contribution in [1.29, 1.82) is 0 Å². The average Bonchev–Trinajstić information content (AvgIpc) is 2.35. The standard InChI is InChI=1S/C15H25FN2O/c1-5-18(14-9-7-6-8-13(14)16)11-15(4,19)10-17-12(2)3/h6-9,12,17,19H,5,10-11H2,1-4H3. The van der Waals surface area contributed by atoms with E-state index in [1.807, 2.05) is 31.7 Å². The monoisotopic (exact) mass is 268 g/mol. The molecule has 1 atom stereocenters. The topological polar surface area (TPSA) is 35.5 Å². The highest BCUT2D eigenvalue weighted by molar-refractivity contribution is 5.47.